The maximum atomic E-state index is 13.9. The fourth-order valence-corrected chi connectivity index (χ4v) is 4.43. The molecule has 4 rings (SSSR count). The second kappa shape index (κ2) is 12.5. The normalized spacial score (nSPS) is 12.3. The molecule has 0 saturated carbocycles. The summed E-state index contributed by atoms with van der Waals surface area (Å²) in [6.07, 6.45) is 0.746. The van der Waals surface area contributed by atoms with E-state index in [0.29, 0.717) is 29.7 Å². The lowest BCUT2D eigenvalue weighted by atomic mass is 10.0. The van der Waals surface area contributed by atoms with Crippen LogP contribution in [-0.2, 0) is 17.8 Å². The van der Waals surface area contributed by atoms with Gasteiger partial charge in [0.1, 0.15) is 18.2 Å². The maximum absolute atomic E-state index is 13.9. The first-order valence-electron chi connectivity index (χ1n) is 12.5. The molecule has 1 amide bonds. The zero-order valence-electron chi connectivity index (χ0n) is 22.1. The van der Waals surface area contributed by atoms with Crippen molar-refractivity contribution in [1.82, 2.24) is 4.90 Å². The number of hydrogen-bond donors (Lipinski definition) is 4. The second-order valence-electron chi connectivity index (χ2n) is 9.21. The molecule has 0 radical (unpaired) electrons. The first-order valence-corrected chi connectivity index (χ1v) is 12.5. The Labute approximate surface area is 239 Å². The number of guanidine groups is 1. The number of rotatable bonds is 7. The molecule has 1 heterocycles. The molecule has 13 heteroatoms. The number of aliphatic imine (C=N–C) groups is 1. The lowest BCUT2D eigenvalue weighted by Gasteiger charge is -2.24. The summed E-state index contributed by atoms with van der Waals surface area (Å²) in [7, 11) is 0. The van der Waals surface area contributed by atoms with Crippen LogP contribution in [0.4, 0.5) is 5.69 Å². The topological polar surface area (TPSA) is 219 Å². The number of ether oxygens (including phenoxy) is 2. The van der Waals surface area contributed by atoms with Crippen molar-refractivity contribution in [2.75, 3.05) is 13.2 Å². The maximum Gasteiger partial charge on any atom is 0.343 e. The van der Waals surface area contributed by atoms with Crippen molar-refractivity contribution in [3.05, 3.63) is 88.0 Å². The average Bonchev–Trinajstić information content (AvgIpc) is 2.94. The summed E-state index contributed by atoms with van der Waals surface area (Å²) in [4.78, 5) is 55.1. The molecule has 6 N–H and O–H groups in total. The lowest BCUT2D eigenvalue weighted by molar-refractivity contribution is -0.137. The van der Waals surface area contributed by atoms with Crippen molar-refractivity contribution >= 4 is 35.5 Å². The number of nitrogens with zero attached hydrogens (tertiary/aromatic N) is 3. The highest BCUT2D eigenvalue weighted by Gasteiger charge is 2.30. The van der Waals surface area contributed by atoms with Crippen molar-refractivity contribution < 1.29 is 38.9 Å². The predicted octanol–water partition coefficient (Wildman–Crippen LogP) is 2.43. The van der Waals surface area contributed by atoms with E-state index >= 15 is 0 Å². The van der Waals surface area contributed by atoms with Gasteiger partial charge in [0.2, 0.25) is 0 Å². The largest absolute Gasteiger partial charge is 0.489 e. The van der Waals surface area contributed by atoms with Crippen molar-refractivity contribution in [2.45, 2.75) is 19.4 Å². The van der Waals surface area contributed by atoms with Gasteiger partial charge >= 0.3 is 17.9 Å². The summed E-state index contributed by atoms with van der Waals surface area (Å²) in [5, 5.41) is 28.7. The van der Waals surface area contributed by atoms with E-state index in [9.17, 15) is 34.7 Å². The Bertz CT molecular complexity index is 1660. The highest BCUT2D eigenvalue weighted by atomic mass is 16.6. The molecule has 0 aliphatic carbocycles. The summed E-state index contributed by atoms with van der Waals surface area (Å²) >= 11 is 0. The number of benzene rings is 3. The van der Waals surface area contributed by atoms with Crippen molar-refractivity contribution in [3.8, 4) is 17.6 Å². The Morgan fingerprint density at radius 1 is 1.07 bits per heavy atom. The number of nitriles is 1. The van der Waals surface area contributed by atoms with Gasteiger partial charge in [0.25, 0.3) is 5.91 Å². The van der Waals surface area contributed by atoms with Crippen LogP contribution in [0.3, 0.4) is 0 Å². The third kappa shape index (κ3) is 6.62. The minimum Gasteiger partial charge on any atom is -0.489 e. The Balaban J connectivity index is 1.75. The molecule has 1 aliphatic heterocycles. The number of aryl methyl sites for hydroxylation is 1. The van der Waals surface area contributed by atoms with Crippen LogP contribution in [0, 0.1) is 11.3 Å². The number of carboxylic acids is 2. The van der Waals surface area contributed by atoms with Crippen LogP contribution in [0.2, 0.25) is 0 Å². The number of hydrogen-bond acceptors (Lipinski definition) is 8. The monoisotopic (exact) mass is 571 g/mol. The molecule has 1 aliphatic rings. The molecule has 3 aromatic rings. The van der Waals surface area contributed by atoms with Gasteiger partial charge in [0, 0.05) is 6.54 Å². The number of aliphatic carboxylic acids is 1. The van der Waals surface area contributed by atoms with Crippen molar-refractivity contribution in [3.63, 3.8) is 0 Å². The Kier molecular flexibility index (Phi) is 8.67. The molecule has 13 nitrogen and oxygen atoms in total. The number of carboxylic acid groups (broad SMARTS) is 2. The van der Waals surface area contributed by atoms with Gasteiger partial charge in [-0.05, 0) is 66.4 Å². The summed E-state index contributed by atoms with van der Waals surface area (Å²) in [6, 6.07) is 14.9. The average molecular weight is 572 g/mol. The standard InChI is InChI=1S/C29H25N5O8/c30-13-19-6-9-22-25(41-10-2-5-17-12-20(33-29(31)32)7-8-21(17)28(40)42-22)24(19)26(37)34(15-23(35)36)14-16-3-1-4-18(11-16)27(38)39/h1,3-4,6-9,11-12H,2,5,10,14-15H2,(H,35,36)(H,38,39)(H4,31,32,33). The number of nitrogens with two attached hydrogens (primary N) is 2. The molecule has 0 saturated heterocycles. The first kappa shape index (κ1) is 29.1. The molecular formula is C29H25N5O8. The molecule has 214 valence electrons. The van der Waals surface area contributed by atoms with E-state index in [1.807, 2.05) is 6.07 Å². The van der Waals surface area contributed by atoms with Crippen LogP contribution in [0.15, 0.2) is 59.6 Å². The molecule has 0 unspecified atom stereocenters. The van der Waals surface area contributed by atoms with Crippen LogP contribution < -0.4 is 20.9 Å². The number of carbonyl (C=O) groups is 4. The van der Waals surface area contributed by atoms with Gasteiger partial charge in [-0.25, -0.2) is 14.6 Å². The van der Waals surface area contributed by atoms with E-state index in [1.165, 1.54) is 42.5 Å². The molecule has 0 atom stereocenters. The summed E-state index contributed by atoms with van der Waals surface area (Å²) in [6.45, 7) is -1.01. The smallest absolute Gasteiger partial charge is 0.343 e. The third-order valence-corrected chi connectivity index (χ3v) is 6.22. The van der Waals surface area contributed by atoms with Crippen LogP contribution in [-0.4, -0.2) is 58.0 Å². The van der Waals surface area contributed by atoms with Crippen molar-refractivity contribution in [1.29, 1.82) is 5.26 Å². The molecule has 3 aromatic carbocycles. The zero-order valence-corrected chi connectivity index (χ0v) is 22.1. The minimum atomic E-state index is -1.34. The quantitative estimate of drug-likeness (QED) is 0.140. The molecule has 42 heavy (non-hydrogen) atoms. The molecule has 0 aromatic heterocycles. The Morgan fingerprint density at radius 2 is 1.86 bits per heavy atom. The fraction of sp³-hybridized carbons (Fsp3) is 0.172. The van der Waals surface area contributed by atoms with Gasteiger partial charge in [0.15, 0.2) is 17.5 Å². The van der Waals surface area contributed by atoms with E-state index in [-0.39, 0.29) is 52.9 Å². The molecule has 0 fully saturated rings. The van der Waals surface area contributed by atoms with Gasteiger partial charge in [-0.3, -0.25) is 9.59 Å². The number of esters is 1. The SMILES string of the molecule is N#Cc1ccc2c(c1C(=O)N(CC(=O)O)Cc1cccc(C(=O)O)c1)OCCCc1cc(N=C(N)N)ccc1C(=O)O2. The van der Waals surface area contributed by atoms with Crippen LogP contribution >= 0.6 is 0 Å². The molecule has 0 bridgehead atoms. The van der Waals surface area contributed by atoms with E-state index in [0.717, 1.165) is 4.90 Å². The van der Waals surface area contributed by atoms with E-state index in [1.54, 1.807) is 12.1 Å². The highest BCUT2D eigenvalue weighted by Crippen LogP contribution is 2.37. The van der Waals surface area contributed by atoms with E-state index in [4.69, 9.17) is 20.9 Å². The van der Waals surface area contributed by atoms with Gasteiger partial charge in [0.05, 0.1) is 29.0 Å². The highest BCUT2D eigenvalue weighted by molar-refractivity contribution is 6.02. The minimum absolute atomic E-state index is 0.0469. The van der Waals surface area contributed by atoms with Crippen LogP contribution in [0.1, 0.15) is 54.2 Å². The van der Waals surface area contributed by atoms with Gasteiger partial charge in [-0.15, -0.1) is 0 Å². The third-order valence-electron chi connectivity index (χ3n) is 6.22. The fourth-order valence-electron chi connectivity index (χ4n) is 4.43. The van der Waals surface area contributed by atoms with Gasteiger partial charge < -0.3 is 36.1 Å². The summed E-state index contributed by atoms with van der Waals surface area (Å²) < 4.78 is 11.5. The van der Waals surface area contributed by atoms with Crippen LogP contribution in [0.25, 0.3) is 0 Å². The number of aromatic carboxylic acids is 1. The molecular weight excluding hydrogens is 546 g/mol. The first-order chi connectivity index (χ1) is 20.1. The second-order valence-corrected chi connectivity index (χ2v) is 9.21. The molecule has 0 spiro atoms. The number of amides is 1. The number of carbonyl (C=O) groups excluding carboxylic acids is 2. The van der Waals surface area contributed by atoms with Gasteiger partial charge in [-0.2, -0.15) is 5.26 Å². The van der Waals surface area contributed by atoms with E-state index < -0.39 is 30.4 Å². The zero-order chi connectivity index (χ0) is 30.4. The summed E-state index contributed by atoms with van der Waals surface area (Å²) in [5.74, 6) is -4.67. The summed E-state index contributed by atoms with van der Waals surface area (Å²) in [5.41, 5.74) is 12.1. The Morgan fingerprint density at radius 3 is 2.55 bits per heavy atom. The van der Waals surface area contributed by atoms with E-state index in [2.05, 4.69) is 4.99 Å². The lowest BCUT2D eigenvalue weighted by Crippen LogP contribution is -2.36. The van der Waals surface area contributed by atoms with Gasteiger partial charge in [-0.1, -0.05) is 12.1 Å². The number of fused-ring (bicyclic) bond motifs is 2. The van der Waals surface area contributed by atoms with Crippen molar-refractivity contribution in [2.24, 2.45) is 16.5 Å². The Hall–Kier alpha value is -5.90. The predicted molar refractivity (Wildman–Crippen MR) is 148 cm³/mol. The van der Waals surface area contributed by atoms with Crippen LogP contribution in [0.5, 0.6) is 11.5 Å².